The Balaban J connectivity index is 1.86. The average molecular weight is 421 g/mol. The molecule has 0 aliphatic heterocycles. The van der Waals surface area contributed by atoms with Crippen molar-refractivity contribution in [3.05, 3.63) is 53.6 Å². The number of carbonyl (C=O) groups is 1. The molecule has 2 rings (SSSR count). The number of carbonyl (C=O) groups excluding carboxylic acids is 1. The van der Waals surface area contributed by atoms with Gasteiger partial charge in [0, 0.05) is 19.0 Å². The van der Waals surface area contributed by atoms with E-state index in [0.717, 1.165) is 11.1 Å². The van der Waals surface area contributed by atoms with Gasteiger partial charge in [-0.2, -0.15) is 0 Å². The molecule has 0 aliphatic rings. The highest BCUT2D eigenvalue weighted by Crippen LogP contribution is 2.27. The minimum atomic E-state index is -3.51. The van der Waals surface area contributed by atoms with Crippen LogP contribution in [0.4, 0.5) is 0 Å². The van der Waals surface area contributed by atoms with Crippen molar-refractivity contribution in [1.82, 2.24) is 10.0 Å². The van der Waals surface area contributed by atoms with Gasteiger partial charge in [-0.1, -0.05) is 18.2 Å². The lowest BCUT2D eigenvalue weighted by atomic mass is 10.1. The summed E-state index contributed by atoms with van der Waals surface area (Å²) in [5.74, 6) is 1.16. The number of methoxy groups -OCH3 is 2. The maximum atomic E-state index is 12.1. The van der Waals surface area contributed by atoms with E-state index in [0.29, 0.717) is 30.9 Å². The number of nitrogens with one attached hydrogen (secondary N) is 2. The van der Waals surface area contributed by atoms with E-state index in [1.54, 1.807) is 58.4 Å². The standard InChI is InChI=1S/C21H28N2O5S/c1-15(2)23-29(25,26)18-9-5-16(6-10-18)8-12-21(24)22-14-17-7-11-19(27-3)20(13-17)28-4/h5-7,9-11,13,15,23H,8,12,14H2,1-4H3,(H,22,24). The van der Waals surface area contributed by atoms with E-state index in [9.17, 15) is 13.2 Å². The summed E-state index contributed by atoms with van der Waals surface area (Å²) < 4.78 is 37.3. The first kappa shape index (κ1) is 22.7. The molecular formula is C21H28N2O5S. The Labute approximate surface area is 172 Å². The number of sulfonamides is 1. The average Bonchev–Trinajstić information content (AvgIpc) is 2.69. The van der Waals surface area contributed by atoms with Crippen LogP contribution in [0.5, 0.6) is 11.5 Å². The Kier molecular flexibility index (Phi) is 8.04. The van der Waals surface area contributed by atoms with Crippen molar-refractivity contribution in [2.24, 2.45) is 0 Å². The normalized spacial score (nSPS) is 11.3. The van der Waals surface area contributed by atoms with Crippen molar-refractivity contribution in [3.8, 4) is 11.5 Å². The van der Waals surface area contributed by atoms with E-state index in [-0.39, 0.29) is 16.8 Å². The number of ether oxygens (including phenoxy) is 2. The highest BCUT2D eigenvalue weighted by Gasteiger charge is 2.15. The number of hydrogen-bond donors (Lipinski definition) is 2. The van der Waals surface area contributed by atoms with Crippen LogP contribution in [0.1, 0.15) is 31.4 Å². The zero-order valence-electron chi connectivity index (χ0n) is 17.2. The smallest absolute Gasteiger partial charge is 0.240 e. The molecule has 2 aromatic rings. The molecule has 0 aromatic heterocycles. The molecule has 8 heteroatoms. The van der Waals surface area contributed by atoms with Gasteiger partial charge in [0.05, 0.1) is 19.1 Å². The van der Waals surface area contributed by atoms with Crippen LogP contribution in [0.2, 0.25) is 0 Å². The fourth-order valence-electron chi connectivity index (χ4n) is 2.75. The maximum absolute atomic E-state index is 12.1. The first-order valence-electron chi connectivity index (χ1n) is 9.34. The monoisotopic (exact) mass is 420 g/mol. The fraction of sp³-hybridized carbons (Fsp3) is 0.381. The minimum Gasteiger partial charge on any atom is -0.493 e. The van der Waals surface area contributed by atoms with Crippen molar-refractivity contribution in [1.29, 1.82) is 0 Å². The van der Waals surface area contributed by atoms with Gasteiger partial charge in [-0.05, 0) is 55.7 Å². The number of rotatable bonds is 10. The predicted molar refractivity (Wildman–Crippen MR) is 112 cm³/mol. The quantitative estimate of drug-likeness (QED) is 0.616. The molecule has 158 valence electrons. The van der Waals surface area contributed by atoms with Gasteiger partial charge < -0.3 is 14.8 Å². The Morgan fingerprint density at radius 1 is 0.966 bits per heavy atom. The predicted octanol–water partition coefficient (Wildman–Crippen LogP) is 2.64. The van der Waals surface area contributed by atoms with E-state index in [1.165, 1.54) is 0 Å². The van der Waals surface area contributed by atoms with Crippen LogP contribution in [0.3, 0.4) is 0 Å². The molecule has 7 nitrogen and oxygen atoms in total. The lowest BCUT2D eigenvalue weighted by Crippen LogP contribution is -2.30. The van der Waals surface area contributed by atoms with Gasteiger partial charge in [0.15, 0.2) is 11.5 Å². The summed E-state index contributed by atoms with van der Waals surface area (Å²) >= 11 is 0. The third kappa shape index (κ3) is 6.76. The summed E-state index contributed by atoms with van der Waals surface area (Å²) in [5.41, 5.74) is 1.80. The number of aryl methyl sites for hydroxylation is 1. The second-order valence-electron chi connectivity index (χ2n) is 6.89. The van der Waals surface area contributed by atoms with Gasteiger partial charge >= 0.3 is 0 Å². The van der Waals surface area contributed by atoms with Crippen molar-refractivity contribution in [2.75, 3.05) is 14.2 Å². The molecule has 2 N–H and O–H groups in total. The highest BCUT2D eigenvalue weighted by atomic mass is 32.2. The molecule has 0 saturated carbocycles. The maximum Gasteiger partial charge on any atom is 0.240 e. The Morgan fingerprint density at radius 2 is 1.59 bits per heavy atom. The van der Waals surface area contributed by atoms with Crippen molar-refractivity contribution >= 4 is 15.9 Å². The van der Waals surface area contributed by atoms with E-state index in [2.05, 4.69) is 10.0 Å². The minimum absolute atomic E-state index is 0.0852. The molecule has 0 radical (unpaired) electrons. The molecule has 0 atom stereocenters. The summed E-state index contributed by atoms with van der Waals surface area (Å²) in [5, 5.41) is 2.87. The number of amides is 1. The van der Waals surface area contributed by atoms with Crippen LogP contribution in [-0.2, 0) is 27.8 Å². The molecule has 2 aromatic carbocycles. The molecule has 0 heterocycles. The van der Waals surface area contributed by atoms with Crippen LogP contribution in [-0.4, -0.2) is 34.6 Å². The largest absolute Gasteiger partial charge is 0.493 e. The van der Waals surface area contributed by atoms with Gasteiger partial charge in [-0.25, -0.2) is 13.1 Å². The summed E-state index contributed by atoms with van der Waals surface area (Å²) in [6, 6.07) is 11.9. The van der Waals surface area contributed by atoms with Crippen molar-refractivity contribution in [3.63, 3.8) is 0 Å². The van der Waals surface area contributed by atoms with E-state index in [4.69, 9.17) is 9.47 Å². The Hall–Kier alpha value is -2.58. The van der Waals surface area contributed by atoms with Crippen LogP contribution < -0.4 is 19.5 Å². The van der Waals surface area contributed by atoms with Crippen molar-refractivity contribution < 1.29 is 22.7 Å². The van der Waals surface area contributed by atoms with Gasteiger partial charge in [-0.15, -0.1) is 0 Å². The van der Waals surface area contributed by atoms with Crippen molar-refractivity contribution in [2.45, 2.75) is 44.2 Å². The molecule has 0 fully saturated rings. The van der Waals surface area contributed by atoms with Crippen LogP contribution in [0.15, 0.2) is 47.4 Å². The van der Waals surface area contributed by atoms with Gasteiger partial charge in [0.25, 0.3) is 0 Å². The highest BCUT2D eigenvalue weighted by molar-refractivity contribution is 7.89. The summed E-state index contributed by atoms with van der Waals surface area (Å²) in [6.07, 6.45) is 0.833. The summed E-state index contributed by atoms with van der Waals surface area (Å²) in [7, 11) is -0.370. The SMILES string of the molecule is COc1ccc(CNC(=O)CCc2ccc(S(=O)(=O)NC(C)C)cc2)cc1OC. The third-order valence-electron chi connectivity index (χ3n) is 4.20. The third-order valence-corrected chi connectivity index (χ3v) is 5.88. The van der Waals surface area contributed by atoms with E-state index < -0.39 is 10.0 Å². The van der Waals surface area contributed by atoms with Crippen LogP contribution >= 0.6 is 0 Å². The molecule has 0 unspecified atom stereocenters. The summed E-state index contributed by atoms with van der Waals surface area (Å²) in [6.45, 7) is 3.93. The van der Waals surface area contributed by atoms with Gasteiger partial charge in [0.2, 0.25) is 15.9 Å². The molecule has 0 bridgehead atoms. The van der Waals surface area contributed by atoms with Gasteiger partial charge in [-0.3, -0.25) is 4.79 Å². The van der Waals surface area contributed by atoms with Crippen LogP contribution in [0.25, 0.3) is 0 Å². The first-order chi connectivity index (χ1) is 13.7. The zero-order chi connectivity index (χ0) is 21.4. The Bertz CT molecular complexity index is 925. The fourth-order valence-corrected chi connectivity index (χ4v) is 4.00. The number of hydrogen-bond acceptors (Lipinski definition) is 5. The van der Waals surface area contributed by atoms with E-state index in [1.807, 2.05) is 12.1 Å². The molecule has 1 amide bonds. The summed E-state index contributed by atoms with van der Waals surface area (Å²) in [4.78, 5) is 12.4. The van der Waals surface area contributed by atoms with E-state index >= 15 is 0 Å². The first-order valence-corrected chi connectivity index (χ1v) is 10.8. The molecule has 0 saturated heterocycles. The Morgan fingerprint density at radius 3 is 2.17 bits per heavy atom. The molecule has 0 spiro atoms. The lowest BCUT2D eigenvalue weighted by molar-refractivity contribution is -0.121. The topological polar surface area (TPSA) is 93.7 Å². The van der Waals surface area contributed by atoms with Gasteiger partial charge in [0.1, 0.15) is 0 Å². The van der Waals surface area contributed by atoms with Crippen LogP contribution in [0, 0.1) is 0 Å². The molecule has 29 heavy (non-hydrogen) atoms. The second kappa shape index (κ2) is 10.3. The second-order valence-corrected chi connectivity index (χ2v) is 8.60. The lowest BCUT2D eigenvalue weighted by Gasteiger charge is -2.11. The molecular weight excluding hydrogens is 392 g/mol. The zero-order valence-corrected chi connectivity index (χ0v) is 18.0. The number of benzene rings is 2. The molecule has 0 aliphatic carbocycles.